The van der Waals surface area contributed by atoms with E-state index >= 15 is 0 Å². The normalized spacial score (nSPS) is 14.0. The Labute approximate surface area is 425 Å². The van der Waals surface area contributed by atoms with E-state index in [4.69, 9.17) is 15.6 Å². The van der Waals surface area contributed by atoms with Gasteiger partial charge in [-0.25, -0.2) is 13.6 Å². The van der Waals surface area contributed by atoms with Crippen LogP contribution in [0.15, 0.2) is 146 Å². The summed E-state index contributed by atoms with van der Waals surface area (Å²) in [4.78, 5) is 36.5. The molecule has 11 heteroatoms. The number of carboxylic acids is 1. The zero-order valence-corrected chi connectivity index (χ0v) is 42.2. The molecular formula is C61H72F2N4O5. The number of carbonyl (C=O) groups excluding carboxylic acids is 2. The molecule has 0 unspecified atom stereocenters. The van der Waals surface area contributed by atoms with Gasteiger partial charge in [-0.2, -0.15) is 0 Å². The number of nitrogens with two attached hydrogens (primary N) is 1. The van der Waals surface area contributed by atoms with Crippen molar-refractivity contribution in [1.29, 1.82) is 0 Å². The van der Waals surface area contributed by atoms with Crippen LogP contribution in [0.4, 0.5) is 25.0 Å². The lowest BCUT2D eigenvalue weighted by atomic mass is 9.89. The number of nitrogens with zero attached hydrogens (tertiary/aromatic N) is 1. The maximum absolute atomic E-state index is 14.3. The number of piperidine rings is 2. The summed E-state index contributed by atoms with van der Waals surface area (Å²) in [5.41, 5.74) is 15.3. The van der Waals surface area contributed by atoms with Crippen LogP contribution >= 0.6 is 0 Å². The van der Waals surface area contributed by atoms with E-state index in [2.05, 4.69) is 95.6 Å². The zero-order chi connectivity index (χ0) is 51.3. The van der Waals surface area contributed by atoms with Gasteiger partial charge < -0.3 is 31.1 Å². The number of likely N-dealkylation sites (tertiary alicyclic amines) is 1. The van der Waals surface area contributed by atoms with Gasteiger partial charge in [-0.3, -0.25) is 9.59 Å². The summed E-state index contributed by atoms with van der Waals surface area (Å²) >= 11 is 0. The van der Waals surface area contributed by atoms with Crippen LogP contribution in [-0.2, 0) is 27.2 Å². The highest BCUT2D eigenvalue weighted by atomic mass is 19.1. The number of aryl methyl sites for hydroxylation is 2. The number of amides is 2. The van der Waals surface area contributed by atoms with E-state index in [0.29, 0.717) is 36.4 Å². The van der Waals surface area contributed by atoms with Gasteiger partial charge in [-0.05, 0) is 191 Å². The second-order valence-electron chi connectivity index (χ2n) is 19.8. The Kier molecular flexibility index (Phi) is 20.9. The maximum Gasteiger partial charge on any atom is 0.410 e. The number of benzene rings is 6. The van der Waals surface area contributed by atoms with E-state index in [9.17, 15) is 23.2 Å². The van der Waals surface area contributed by atoms with E-state index in [1.807, 2.05) is 51.1 Å². The number of anilines is 2. The quantitative estimate of drug-likeness (QED) is 0.0595. The molecule has 380 valence electrons. The zero-order valence-electron chi connectivity index (χ0n) is 42.2. The van der Waals surface area contributed by atoms with E-state index in [1.54, 1.807) is 23.1 Å². The Morgan fingerprint density at radius 1 is 0.625 bits per heavy atom. The molecule has 0 bridgehead atoms. The minimum atomic E-state index is -0.709. The number of carboxylic acid groups (broad SMARTS) is 1. The third-order valence-corrected chi connectivity index (χ3v) is 13.0. The van der Waals surface area contributed by atoms with Crippen molar-refractivity contribution in [2.45, 2.75) is 115 Å². The van der Waals surface area contributed by atoms with Crippen molar-refractivity contribution in [3.63, 3.8) is 0 Å². The Morgan fingerprint density at radius 3 is 1.61 bits per heavy atom. The first kappa shape index (κ1) is 54.5. The Bertz CT molecular complexity index is 2610. The number of hydrogen-bond donors (Lipinski definition) is 4. The summed E-state index contributed by atoms with van der Waals surface area (Å²) < 4.78 is 33.5. The second-order valence-corrected chi connectivity index (χ2v) is 19.8. The summed E-state index contributed by atoms with van der Waals surface area (Å²) in [6.07, 6.45) is 9.11. The number of rotatable bonds is 15. The highest BCUT2D eigenvalue weighted by molar-refractivity contribution is 5.90. The van der Waals surface area contributed by atoms with Crippen LogP contribution in [0.3, 0.4) is 0 Å². The Balaban J connectivity index is 0.000000185. The van der Waals surface area contributed by atoms with Gasteiger partial charge in [0, 0.05) is 37.3 Å². The molecule has 2 amide bonds. The van der Waals surface area contributed by atoms with Crippen LogP contribution in [0.5, 0.6) is 0 Å². The van der Waals surface area contributed by atoms with E-state index in [0.717, 1.165) is 82.9 Å². The third kappa shape index (κ3) is 18.1. The Morgan fingerprint density at radius 2 is 1.10 bits per heavy atom. The highest BCUT2D eigenvalue weighted by Gasteiger charge is 2.29. The lowest BCUT2D eigenvalue weighted by molar-refractivity contribution is -0.137. The molecule has 6 aromatic rings. The van der Waals surface area contributed by atoms with Crippen molar-refractivity contribution in [2.75, 3.05) is 37.2 Å². The summed E-state index contributed by atoms with van der Waals surface area (Å²) in [7, 11) is 0. The van der Waals surface area contributed by atoms with Crippen LogP contribution in [0.2, 0.25) is 0 Å². The van der Waals surface area contributed by atoms with Crippen LogP contribution < -0.4 is 16.4 Å². The molecule has 0 aromatic heterocycles. The average Bonchev–Trinajstić information content (AvgIpc) is 3.39. The van der Waals surface area contributed by atoms with Gasteiger partial charge in [0.1, 0.15) is 17.2 Å². The van der Waals surface area contributed by atoms with Gasteiger partial charge in [0.15, 0.2) is 0 Å². The number of nitrogens with one attached hydrogen (secondary N) is 2. The van der Waals surface area contributed by atoms with Gasteiger partial charge >= 0.3 is 12.1 Å². The standard InChI is InChI=1S/C28H31FN2O.C17H18O2.C16H23FN2O2/c29-27-15-14-25(20-26(27)24-16-18-30-19-17-24)31-28(32)9-5-4-6-21-10-12-23(13-11-21)22-7-2-1-3-8-22;18-17(19)9-5-4-6-14-10-12-16(13-11-14)15-7-2-1-3-8-15;1-16(2,3)21-15(20)19-8-6-11(7-9-19)13-10-12(18)4-5-14(13)17/h1-3,7-8,10-15,20,24,30H,4-6,9,16-19H2,(H,31,32);1-3,7-8,10-13H,4-6,9H2,(H,18,19);4-5,10-11H,6-9,18H2,1-3H3. The molecule has 2 aliphatic rings. The molecule has 2 fully saturated rings. The number of hydrogen-bond acceptors (Lipinski definition) is 6. The molecule has 0 radical (unpaired) electrons. The van der Waals surface area contributed by atoms with Crippen molar-refractivity contribution in [3.05, 3.63) is 179 Å². The fourth-order valence-corrected chi connectivity index (χ4v) is 9.07. The molecule has 2 heterocycles. The van der Waals surface area contributed by atoms with Crippen molar-refractivity contribution in [3.8, 4) is 22.3 Å². The highest BCUT2D eigenvalue weighted by Crippen LogP contribution is 2.32. The summed E-state index contributed by atoms with van der Waals surface area (Å²) in [5, 5.41) is 14.8. The van der Waals surface area contributed by atoms with Gasteiger partial charge in [0.2, 0.25) is 5.91 Å². The van der Waals surface area contributed by atoms with Crippen LogP contribution in [0, 0.1) is 11.6 Å². The number of carbonyl (C=O) groups is 3. The first-order chi connectivity index (χ1) is 34.7. The first-order valence-corrected chi connectivity index (χ1v) is 25.5. The fraction of sp³-hybridized carbons (Fsp3) is 0.361. The molecule has 0 spiro atoms. The molecule has 72 heavy (non-hydrogen) atoms. The van der Waals surface area contributed by atoms with Crippen molar-refractivity contribution in [1.82, 2.24) is 10.2 Å². The monoisotopic (exact) mass is 979 g/mol. The molecule has 0 aliphatic carbocycles. The lowest BCUT2D eigenvalue weighted by Gasteiger charge is -2.33. The molecule has 8 rings (SSSR count). The van der Waals surface area contributed by atoms with E-state index in [-0.39, 0.29) is 41.9 Å². The minimum Gasteiger partial charge on any atom is -0.481 e. The maximum atomic E-state index is 14.3. The molecule has 5 N–H and O–H groups in total. The SMILES string of the molecule is CC(C)(C)OC(=O)N1CCC(c2cc(N)ccc2F)CC1.O=C(CCCCc1ccc(-c2ccccc2)cc1)Nc1ccc(F)c(C2CCNCC2)c1.O=C(O)CCCCc1ccc(-c2ccccc2)cc1. The summed E-state index contributed by atoms with van der Waals surface area (Å²) in [6, 6.07) is 47.4. The molecule has 0 atom stereocenters. The minimum absolute atomic E-state index is 0.00713. The topological polar surface area (TPSA) is 134 Å². The van der Waals surface area contributed by atoms with Gasteiger partial charge in [-0.15, -0.1) is 0 Å². The molecule has 9 nitrogen and oxygen atoms in total. The Hall–Kier alpha value is -6.85. The third-order valence-electron chi connectivity index (χ3n) is 13.0. The lowest BCUT2D eigenvalue weighted by Crippen LogP contribution is -2.41. The molecule has 0 saturated carbocycles. The molecule has 6 aromatic carbocycles. The van der Waals surface area contributed by atoms with Crippen LogP contribution in [0.25, 0.3) is 22.3 Å². The first-order valence-electron chi connectivity index (χ1n) is 25.5. The molecule has 2 saturated heterocycles. The van der Waals surface area contributed by atoms with Crippen molar-refractivity contribution < 1.29 is 33.0 Å². The van der Waals surface area contributed by atoms with Gasteiger partial charge in [0.25, 0.3) is 0 Å². The largest absolute Gasteiger partial charge is 0.481 e. The molecule has 2 aliphatic heterocycles. The number of unbranched alkanes of at least 4 members (excludes halogenated alkanes) is 2. The number of halogens is 2. The average molecular weight is 979 g/mol. The summed E-state index contributed by atoms with van der Waals surface area (Å²) in [5.74, 6) is -0.784. The van der Waals surface area contributed by atoms with Crippen molar-refractivity contribution >= 4 is 29.3 Å². The van der Waals surface area contributed by atoms with Gasteiger partial charge in [-0.1, -0.05) is 109 Å². The summed E-state index contributed by atoms with van der Waals surface area (Å²) in [6.45, 7) is 8.52. The van der Waals surface area contributed by atoms with Crippen LogP contribution in [0.1, 0.15) is 119 Å². The smallest absolute Gasteiger partial charge is 0.410 e. The fourth-order valence-electron chi connectivity index (χ4n) is 9.07. The number of nitrogen functional groups attached to an aromatic ring is 1. The van der Waals surface area contributed by atoms with Crippen LogP contribution in [-0.4, -0.2) is 59.8 Å². The van der Waals surface area contributed by atoms with E-state index < -0.39 is 11.6 Å². The predicted octanol–water partition coefficient (Wildman–Crippen LogP) is 14.0. The van der Waals surface area contributed by atoms with E-state index in [1.165, 1.54) is 45.5 Å². The number of ether oxygens (including phenoxy) is 1. The van der Waals surface area contributed by atoms with Gasteiger partial charge in [0.05, 0.1) is 0 Å². The predicted molar refractivity (Wildman–Crippen MR) is 287 cm³/mol. The van der Waals surface area contributed by atoms with Crippen molar-refractivity contribution in [2.24, 2.45) is 0 Å². The second kappa shape index (κ2) is 27.7. The molecular weight excluding hydrogens is 907 g/mol. The number of aliphatic carboxylic acids is 1.